The summed E-state index contributed by atoms with van der Waals surface area (Å²) in [5.74, 6) is 1.26. The van der Waals surface area contributed by atoms with Crippen LogP contribution in [0.3, 0.4) is 0 Å². The fourth-order valence-corrected chi connectivity index (χ4v) is 3.19. The van der Waals surface area contributed by atoms with Crippen LogP contribution in [0.25, 0.3) is 0 Å². The predicted molar refractivity (Wildman–Crippen MR) is 105 cm³/mol. The minimum Gasteiger partial charge on any atom is -0.340 e. The van der Waals surface area contributed by atoms with Crippen molar-refractivity contribution in [2.24, 2.45) is 0 Å². The van der Waals surface area contributed by atoms with Crippen molar-refractivity contribution < 1.29 is 4.57 Å². The number of nitrogens with zero attached hydrogens (tertiary/aromatic N) is 2. The van der Waals surface area contributed by atoms with E-state index in [0.29, 0.717) is 5.95 Å². The molecular weight excluding hydrogens is 331 g/mol. The van der Waals surface area contributed by atoms with Crippen LogP contribution in [0, 0.1) is 6.92 Å². The van der Waals surface area contributed by atoms with E-state index in [1.54, 1.807) is 19.5 Å². The second kappa shape index (κ2) is 7.08. The number of hydrogen-bond acceptors (Lipinski definition) is 5. The Labute approximate surface area is 147 Å². The van der Waals surface area contributed by atoms with Gasteiger partial charge in [0.25, 0.3) is 0 Å². The van der Waals surface area contributed by atoms with Crippen LogP contribution in [0.15, 0.2) is 60.8 Å². The van der Waals surface area contributed by atoms with E-state index in [2.05, 4.69) is 20.6 Å². The highest BCUT2D eigenvalue weighted by Gasteiger charge is 2.10. The van der Waals surface area contributed by atoms with Gasteiger partial charge in [0.2, 0.25) is 5.95 Å². The molecule has 5 nitrogen and oxygen atoms in total. The van der Waals surface area contributed by atoms with Gasteiger partial charge < -0.3 is 15.2 Å². The molecule has 0 aliphatic carbocycles. The molecule has 1 aromatic heterocycles. The molecule has 0 bridgehead atoms. The van der Waals surface area contributed by atoms with E-state index in [1.165, 1.54) is 0 Å². The lowest BCUT2D eigenvalue weighted by molar-refractivity contribution is 0.588. The monoisotopic (exact) mass is 352 g/mol. The molecule has 0 aliphatic rings. The lowest BCUT2D eigenvalue weighted by Crippen LogP contribution is -2.05. The van der Waals surface area contributed by atoms with Gasteiger partial charge in [-0.3, -0.25) is 0 Å². The van der Waals surface area contributed by atoms with Crippen LogP contribution in [0.2, 0.25) is 0 Å². The molecule has 0 radical (unpaired) electrons. The molecule has 6 heteroatoms. The fourth-order valence-electron chi connectivity index (χ4n) is 2.32. The van der Waals surface area contributed by atoms with Crippen molar-refractivity contribution in [3.63, 3.8) is 0 Å². The summed E-state index contributed by atoms with van der Waals surface area (Å²) in [6, 6.07) is 17.4. The van der Waals surface area contributed by atoms with Gasteiger partial charge in [-0.05, 0) is 56.7 Å². The molecule has 0 unspecified atom stereocenters. The largest absolute Gasteiger partial charge is 0.340 e. The Morgan fingerprint density at radius 2 is 1.52 bits per heavy atom. The highest BCUT2D eigenvalue weighted by atomic mass is 31.2. The Hall–Kier alpha value is -2.65. The highest BCUT2D eigenvalue weighted by molar-refractivity contribution is 7.70. The van der Waals surface area contributed by atoms with E-state index in [0.717, 1.165) is 28.1 Å². The normalized spacial score (nSPS) is 11.2. The van der Waals surface area contributed by atoms with Gasteiger partial charge in [-0.15, -0.1) is 0 Å². The van der Waals surface area contributed by atoms with Crippen molar-refractivity contribution in [1.82, 2.24) is 9.97 Å². The van der Waals surface area contributed by atoms with Crippen LogP contribution in [-0.4, -0.2) is 23.3 Å². The van der Waals surface area contributed by atoms with Crippen molar-refractivity contribution in [2.45, 2.75) is 6.92 Å². The summed E-state index contributed by atoms with van der Waals surface area (Å²) in [6.07, 6.45) is 1.78. The topological polar surface area (TPSA) is 66.9 Å². The zero-order chi connectivity index (χ0) is 17.9. The van der Waals surface area contributed by atoms with Gasteiger partial charge >= 0.3 is 0 Å². The molecule has 3 aromatic rings. The molecule has 0 saturated carbocycles. The number of anilines is 4. The van der Waals surface area contributed by atoms with Gasteiger partial charge in [-0.2, -0.15) is 4.98 Å². The average molecular weight is 352 g/mol. The maximum absolute atomic E-state index is 12.1. The Bertz CT molecular complexity index is 904. The molecule has 0 spiro atoms. The van der Waals surface area contributed by atoms with Crippen LogP contribution in [0.4, 0.5) is 23.1 Å². The minimum absolute atomic E-state index is 0.507. The summed E-state index contributed by atoms with van der Waals surface area (Å²) in [5.41, 5.74) is 2.79. The van der Waals surface area contributed by atoms with Crippen molar-refractivity contribution in [2.75, 3.05) is 24.0 Å². The summed E-state index contributed by atoms with van der Waals surface area (Å²) in [7, 11) is -2.24. The maximum atomic E-state index is 12.1. The molecule has 0 atom stereocenters. The summed E-state index contributed by atoms with van der Waals surface area (Å²) < 4.78 is 12.1. The molecule has 0 aliphatic heterocycles. The van der Waals surface area contributed by atoms with Crippen molar-refractivity contribution in [3.05, 3.63) is 66.4 Å². The molecule has 0 amide bonds. The fraction of sp³-hybridized carbons (Fsp3) is 0.158. The molecular formula is C19H21N4OP. The van der Waals surface area contributed by atoms with E-state index in [9.17, 15) is 4.57 Å². The number of aromatic nitrogens is 2. The third-order valence-corrected chi connectivity index (χ3v) is 5.30. The predicted octanol–water partition coefficient (Wildman–Crippen LogP) is 4.52. The van der Waals surface area contributed by atoms with Gasteiger partial charge in [0.15, 0.2) is 0 Å². The highest BCUT2D eigenvalue weighted by Crippen LogP contribution is 2.34. The van der Waals surface area contributed by atoms with E-state index in [1.807, 2.05) is 61.5 Å². The van der Waals surface area contributed by atoms with Crippen LogP contribution >= 0.6 is 7.14 Å². The number of para-hydroxylation sites is 1. The van der Waals surface area contributed by atoms with Gasteiger partial charge in [-0.1, -0.05) is 18.2 Å². The number of nitrogens with one attached hydrogen (secondary N) is 2. The molecule has 2 aromatic carbocycles. The van der Waals surface area contributed by atoms with Crippen LogP contribution in [0.5, 0.6) is 0 Å². The Kier molecular flexibility index (Phi) is 4.86. The molecule has 25 heavy (non-hydrogen) atoms. The van der Waals surface area contributed by atoms with E-state index in [4.69, 9.17) is 0 Å². The number of aryl methyl sites for hydroxylation is 1. The number of hydrogen-bond donors (Lipinski definition) is 2. The quantitative estimate of drug-likeness (QED) is 0.661. The van der Waals surface area contributed by atoms with Crippen LogP contribution < -0.4 is 15.9 Å². The number of benzene rings is 2. The first-order chi connectivity index (χ1) is 11.9. The molecule has 128 valence electrons. The van der Waals surface area contributed by atoms with Gasteiger partial charge in [-0.25, -0.2) is 4.98 Å². The van der Waals surface area contributed by atoms with Crippen LogP contribution in [-0.2, 0) is 4.57 Å². The molecule has 3 rings (SSSR count). The van der Waals surface area contributed by atoms with Gasteiger partial charge in [0, 0.05) is 28.4 Å². The standard InChI is InChI=1S/C19H21N4OP/c1-14-13-20-19(23-18(14)21-15-7-5-4-6-8-15)22-16-9-11-17(12-10-16)25(2,3)24/h4-13H,1-3H3,(H2,20,21,22,23). The Balaban J connectivity index is 1.79. The summed E-state index contributed by atoms with van der Waals surface area (Å²) in [4.78, 5) is 8.88. The van der Waals surface area contributed by atoms with E-state index >= 15 is 0 Å². The average Bonchev–Trinajstić information content (AvgIpc) is 2.58. The second-order valence-corrected chi connectivity index (χ2v) is 9.46. The first-order valence-electron chi connectivity index (χ1n) is 8.00. The van der Waals surface area contributed by atoms with E-state index in [-0.39, 0.29) is 0 Å². The second-order valence-electron chi connectivity index (χ2n) is 6.24. The molecule has 1 heterocycles. The molecule has 2 N–H and O–H groups in total. The van der Waals surface area contributed by atoms with Crippen molar-refractivity contribution in [3.8, 4) is 0 Å². The van der Waals surface area contributed by atoms with Crippen molar-refractivity contribution in [1.29, 1.82) is 0 Å². The maximum Gasteiger partial charge on any atom is 0.229 e. The van der Waals surface area contributed by atoms with E-state index < -0.39 is 7.14 Å². The van der Waals surface area contributed by atoms with Crippen LogP contribution in [0.1, 0.15) is 5.56 Å². The summed E-state index contributed by atoms with van der Waals surface area (Å²) in [5, 5.41) is 7.34. The summed E-state index contributed by atoms with van der Waals surface area (Å²) in [6.45, 7) is 5.49. The lowest BCUT2D eigenvalue weighted by atomic mass is 10.3. The third kappa shape index (κ3) is 4.46. The van der Waals surface area contributed by atoms with Crippen molar-refractivity contribution >= 4 is 35.6 Å². The van der Waals surface area contributed by atoms with Gasteiger partial charge in [0.05, 0.1) is 0 Å². The Morgan fingerprint density at radius 1 is 0.880 bits per heavy atom. The third-order valence-electron chi connectivity index (χ3n) is 3.75. The molecule has 0 fully saturated rings. The lowest BCUT2D eigenvalue weighted by Gasteiger charge is -2.12. The zero-order valence-electron chi connectivity index (χ0n) is 14.5. The minimum atomic E-state index is -2.24. The SMILES string of the molecule is Cc1cnc(Nc2ccc(P(C)(C)=O)cc2)nc1Nc1ccccc1. The smallest absolute Gasteiger partial charge is 0.229 e. The first-order valence-corrected chi connectivity index (χ1v) is 10.6. The zero-order valence-corrected chi connectivity index (χ0v) is 15.4. The van der Waals surface area contributed by atoms with Gasteiger partial charge in [0.1, 0.15) is 13.0 Å². The first kappa shape index (κ1) is 17.2. The molecule has 0 saturated heterocycles. The Morgan fingerprint density at radius 3 is 2.16 bits per heavy atom. The number of rotatable bonds is 5. The summed E-state index contributed by atoms with van der Waals surface area (Å²) >= 11 is 0.